The Kier molecular flexibility index (Phi) is 6.65. The lowest BCUT2D eigenvalue weighted by atomic mass is 10.2. The number of sulfonamides is 1. The van der Waals surface area contributed by atoms with E-state index in [2.05, 4.69) is 9.62 Å². The highest BCUT2D eigenvalue weighted by atomic mass is 35.5. The summed E-state index contributed by atoms with van der Waals surface area (Å²) in [5.41, 5.74) is 0. The molecule has 2 rings (SSSR count). The zero-order valence-electron chi connectivity index (χ0n) is 12.5. The Morgan fingerprint density at radius 2 is 2.18 bits per heavy atom. The number of rotatable bonds is 8. The number of benzene rings is 1. The van der Waals surface area contributed by atoms with Gasteiger partial charge < -0.3 is 5.11 Å². The summed E-state index contributed by atoms with van der Waals surface area (Å²) in [6.45, 7) is 2.55. The van der Waals surface area contributed by atoms with E-state index in [0.717, 1.165) is 38.8 Å². The average Bonchev–Trinajstić information content (AvgIpc) is 2.94. The van der Waals surface area contributed by atoms with E-state index in [1.807, 2.05) is 0 Å². The molecule has 124 valence electrons. The highest BCUT2D eigenvalue weighted by Gasteiger charge is 2.22. The monoisotopic (exact) mass is 346 g/mol. The lowest BCUT2D eigenvalue weighted by Crippen LogP contribution is -2.33. The summed E-state index contributed by atoms with van der Waals surface area (Å²) in [7, 11) is -3.49. The van der Waals surface area contributed by atoms with Gasteiger partial charge in [-0.3, -0.25) is 4.90 Å². The van der Waals surface area contributed by atoms with Crippen molar-refractivity contribution >= 4 is 21.6 Å². The van der Waals surface area contributed by atoms with Crippen molar-refractivity contribution < 1.29 is 13.5 Å². The van der Waals surface area contributed by atoms with Gasteiger partial charge in [-0.1, -0.05) is 17.7 Å². The van der Waals surface area contributed by atoms with Crippen molar-refractivity contribution in [2.45, 2.75) is 36.6 Å². The van der Waals surface area contributed by atoms with Gasteiger partial charge in [-0.25, -0.2) is 13.1 Å². The van der Waals surface area contributed by atoms with Gasteiger partial charge in [0.15, 0.2) is 0 Å². The molecular formula is C15H23ClN2O3S. The number of aliphatic hydroxyl groups excluding tert-OH is 1. The number of likely N-dealkylation sites (tertiary alicyclic amines) is 1. The molecule has 0 aliphatic carbocycles. The third-order valence-electron chi connectivity index (χ3n) is 3.98. The van der Waals surface area contributed by atoms with Gasteiger partial charge in [-0.05, 0) is 57.0 Å². The molecule has 5 nitrogen and oxygen atoms in total. The van der Waals surface area contributed by atoms with Crippen LogP contribution < -0.4 is 4.72 Å². The summed E-state index contributed by atoms with van der Waals surface area (Å²) >= 11 is 5.82. The first-order valence-electron chi connectivity index (χ1n) is 7.63. The van der Waals surface area contributed by atoms with E-state index in [0.29, 0.717) is 11.6 Å². The molecule has 1 aliphatic rings. The van der Waals surface area contributed by atoms with Crippen LogP contribution in [0.15, 0.2) is 29.2 Å². The highest BCUT2D eigenvalue weighted by Crippen LogP contribution is 2.17. The van der Waals surface area contributed by atoms with Gasteiger partial charge in [0.05, 0.1) is 11.5 Å². The first kappa shape index (κ1) is 17.7. The van der Waals surface area contributed by atoms with E-state index in [9.17, 15) is 13.5 Å². The maximum absolute atomic E-state index is 12.1. The Hall–Kier alpha value is -0.660. The number of aliphatic hydroxyl groups is 1. The standard InChI is InChI=1S/C15H23ClN2O3S/c16-13-5-3-7-15(11-13)22(20,21)17-8-1-2-9-18-10-4-6-14(18)12-19/h3,5,7,11,14,17,19H,1-2,4,6,8-10,12H2. The molecule has 1 fully saturated rings. The first-order chi connectivity index (χ1) is 10.5. The first-order valence-corrected chi connectivity index (χ1v) is 9.49. The largest absolute Gasteiger partial charge is 0.395 e. The molecule has 1 aliphatic heterocycles. The fraction of sp³-hybridized carbons (Fsp3) is 0.600. The Bertz CT molecular complexity index is 580. The second-order valence-electron chi connectivity index (χ2n) is 5.58. The summed E-state index contributed by atoms with van der Waals surface area (Å²) < 4.78 is 26.8. The number of unbranched alkanes of at least 4 members (excludes halogenated alkanes) is 1. The lowest BCUT2D eigenvalue weighted by Gasteiger charge is -2.22. The minimum absolute atomic E-state index is 0.194. The van der Waals surface area contributed by atoms with E-state index >= 15 is 0 Å². The molecule has 1 aromatic carbocycles. The van der Waals surface area contributed by atoms with Crippen LogP contribution in [0.25, 0.3) is 0 Å². The SMILES string of the molecule is O=S(=O)(NCCCCN1CCCC1CO)c1cccc(Cl)c1. The van der Waals surface area contributed by atoms with E-state index < -0.39 is 10.0 Å². The number of nitrogens with zero attached hydrogens (tertiary/aromatic N) is 1. The van der Waals surface area contributed by atoms with E-state index in [-0.39, 0.29) is 17.5 Å². The van der Waals surface area contributed by atoms with Crippen LogP contribution >= 0.6 is 11.6 Å². The molecule has 0 spiro atoms. The molecule has 1 saturated heterocycles. The van der Waals surface area contributed by atoms with E-state index in [1.54, 1.807) is 12.1 Å². The summed E-state index contributed by atoms with van der Waals surface area (Å²) in [4.78, 5) is 2.48. The van der Waals surface area contributed by atoms with Crippen LogP contribution in [0.5, 0.6) is 0 Å². The Balaban J connectivity index is 1.72. The number of nitrogens with one attached hydrogen (secondary N) is 1. The van der Waals surface area contributed by atoms with Gasteiger partial charge in [0.25, 0.3) is 0 Å². The smallest absolute Gasteiger partial charge is 0.240 e. The molecule has 7 heteroatoms. The van der Waals surface area contributed by atoms with Crippen molar-refractivity contribution in [1.82, 2.24) is 9.62 Å². The molecular weight excluding hydrogens is 324 g/mol. The summed E-state index contributed by atoms with van der Waals surface area (Å²) in [6, 6.07) is 6.53. The zero-order chi connectivity index (χ0) is 16.0. The molecule has 1 aromatic rings. The van der Waals surface area contributed by atoms with Gasteiger partial charge in [0, 0.05) is 17.6 Å². The third kappa shape index (κ3) is 4.93. The second kappa shape index (κ2) is 8.26. The molecule has 1 atom stereocenters. The highest BCUT2D eigenvalue weighted by molar-refractivity contribution is 7.89. The summed E-state index contributed by atoms with van der Waals surface area (Å²) in [5, 5.41) is 9.66. The van der Waals surface area contributed by atoms with Gasteiger partial charge >= 0.3 is 0 Å². The molecule has 22 heavy (non-hydrogen) atoms. The van der Waals surface area contributed by atoms with Crippen molar-refractivity contribution in [3.63, 3.8) is 0 Å². The second-order valence-corrected chi connectivity index (χ2v) is 7.78. The van der Waals surface area contributed by atoms with Crippen LogP contribution in [0.1, 0.15) is 25.7 Å². The topological polar surface area (TPSA) is 69.6 Å². The Morgan fingerprint density at radius 1 is 1.36 bits per heavy atom. The van der Waals surface area contributed by atoms with E-state index in [1.165, 1.54) is 12.1 Å². The quantitative estimate of drug-likeness (QED) is 0.705. The molecule has 0 amide bonds. The van der Waals surface area contributed by atoms with Gasteiger partial charge in [-0.15, -0.1) is 0 Å². The molecule has 2 N–H and O–H groups in total. The van der Waals surface area contributed by atoms with Crippen molar-refractivity contribution in [2.75, 3.05) is 26.2 Å². The van der Waals surface area contributed by atoms with Crippen molar-refractivity contribution in [3.8, 4) is 0 Å². The Morgan fingerprint density at radius 3 is 2.91 bits per heavy atom. The predicted molar refractivity (Wildman–Crippen MR) is 87.6 cm³/mol. The number of hydrogen-bond acceptors (Lipinski definition) is 4. The molecule has 1 unspecified atom stereocenters. The normalized spacial score (nSPS) is 19.6. The zero-order valence-corrected chi connectivity index (χ0v) is 14.1. The maximum Gasteiger partial charge on any atom is 0.240 e. The summed E-state index contributed by atoms with van der Waals surface area (Å²) in [6.07, 6.45) is 3.87. The minimum Gasteiger partial charge on any atom is -0.395 e. The van der Waals surface area contributed by atoms with Crippen LogP contribution in [0.3, 0.4) is 0 Å². The van der Waals surface area contributed by atoms with Gasteiger partial charge in [0.2, 0.25) is 10.0 Å². The molecule has 0 saturated carbocycles. The van der Waals surface area contributed by atoms with Crippen LogP contribution in [-0.2, 0) is 10.0 Å². The maximum atomic E-state index is 12.1. The van der Waals surface area contributed by atoms with Crippen molar-refractivity contribution in [3.05, 3.63) is 29.3 Å². The third-order valence-corrected chi connectivity index (χ3v) is 5.67. The van der Waals surface area contributed by atoms with Crippen molar-refractivity contribution in [2.24, 2.45) is 0 Å². The molecule has 0 aromatic heterocycles. The van der Waals surface area contributed by atoms with Crippen LogP contribution in [0.2, 0.25) is 5.02 Å². The minimum atomic E-state index is -3.49. The average molecular weight is 347 g/mol. The fourth-order valence-electron chi connectivity index (χ4n) is 2.76. The van der Waals surface area contributed by atoms with E-state index in [4.69, 9.17) is 11.6 Å². The predicted octanol–water partition coefficient (Wildman–Crippen LogP) is 1.86. The Labute approximate surface area is 137 Å². The van der Waals surface area contributed by atoms with Crippen LogP contribution in [0.4, 0.5) is 0 Å². The lowest BCUT2D eigenvalue weighted by molar-refractivity contribution is 0.157. The molecule has 1 heterocycles. The molecule has 0 bridgehead atoms. The van der Waals surface area contributed by atoms with Crippen LogP contribution in [0, 0.1) is 0 Å². The molecule has 0 radical (unpaired) electrons. The van der Waals surface area contributed by atoms with Crippen molar-refractivity contribution in [1.29, 1.82) is 0 Å². The van der Waals surface area contributed by atoms with Crippen LogP contribution in [-0.4, -0.2) is 50.7 Å². The number of hydrogen-bond donors (Lipinski definition) is 2. The number of halogens is 1. The summed E-state index contributed by atoms with van der Waals surface area (Å²) in [5.74, 6) is 0. The van der Waals surface area contributed by atoms with Gasteiger partial charge in [0.1, 0.15) is 0 Å². The fourth-order valence-corrected chi connectivity index (χ4v) is 4.13. The van der Waals surface area contributed by atoms with Gasteiger partial charge in [-0.2, -0.15) is 0 Å².